The third kappa shape index (κ3) is 6.36. The van der Waals surface area contributed by atoms with Crippen LogP contribution in [0.2, 0.25) is 5.02 Å². The van der Waals surface area contributed by atoms with Crippen LogP contribution in [-0.4, -0.2) is 41.5 Å². The molecule has 3 rings (SSSR count). The molecule has 1 amide bonds. The quantitative estimate of drug-likeness (QED) is 0.556. The van der Waals surface area contributed by atoms with Crippen LogP contribution in [0, 0.1) is 0 Å². The number of halogens is 1. The van der Waals surface area contributed by atoms with E-state index in [4.69, 9.17) is 16.3 Å². The predicted octanol–water partition coefficient (Wildman–Crippen LogP) is 5.41. The van der Waals surface area contributed by atoms with E-state index in [1.165, 1.54) is 19.3 Å². The van der Waals surface area contributed by atoms with E-state index >= 15 is 0 Å². The van der Waals surface area contributed by atoms with Crippen molar-refractivity contribution in [3.8, 4) is 5.75 Å². The molecule has 1 heterocycles. The van der Waals surface area contributed by atoms with Crippen LogP contribution >= 0.6 is 11.6 Å². The molecular weight excluding hydrogens is 386 g/mol. The molecule has 1 aliphatic carbocycles. The van der Waals surface area contributed by atoms with Crippen LogP contribution in [0.15, 0.2) is 42.7 Å². The van der Waals surface area contributed by atoms with E-state index < -0.39 is 0 Å². The van der Waals surface area contributed by atoms with Gasteiger partial charge in [0.05, 0.1) is 0 Å². The number of benzene rings is 1. The molecule has 5 nitrogen and oxygen atoms in total. The van der Waals surface area contributed by atoms with Crippen molar-refractivity contribution >= 4 is 23.2 Å². The van der Waals surface area contributed by atoms with Gasteiger partial charge in [-0.1, -0.05) is 37.8 Å². The van der Waals surface area contributed by atoms with E-state index in [0.29, 0.717) is 35.5 Å². The highest BCUT2D eigenvalue weighted by molar-refractivity contribution is 6.31. The van der Waals surface area contributed by atoms with Crippen molar-refractivity contribution in [2.24, 2.45) is 0 Å². The Labute approximate surface area is 178 Å². The highest BCUT2D eigenvalue weighted by Crippen LogP contribution is 2.27. The van der Waals surface area contributed by atoms with Gasteiger partial charge in [0, 0.05) is 47.8 Å². The zero-order valence-electron chi connectivity index (χ0n) is 17.1. The molecule has 0 aliphatic heterocycles. The van der Waals surface area contributed by atoms with Crippen LogP contribution in [0.1, 0.15) is 55.8 Å². The molecule has 0 radical (unpaired) electrons. The van der Waals surface area contributed by atoms with Crippen molar-refractivity contribution in [1.82, 2.24) is 9.88 Å². The molecule has 1 aromatic heterocycles. The highest BCUT2D eigenvalue weighted by atomic mass is 35.5. The number of amides is 1. The predicted molar refractivity (Wildman–Crippen MR) is 118 cm³/mol. The third-order valence-electron chi connectivity index (χ3n) is 5.24. The van der Waals surface area contributed by atoms with Gasteiger partial charge in [0.15, 0.2) is 0 Å². The number of ether oxygens (including phenoxy) is 1. The van der Waals surface area contributed by atoms with Gasteiger partial charge in [-0.05, 0) is 49.6 Å². The van der Waals surface area contributed by atoms with E-state index in [2.05, 4.69) is 17.2 Å². The molecule has 156 valence electrons. The lowest BCUT2D eigenvalue weighted by Gasteiger charge is -2.34. The smallest absolute Gasteiger partial charge is 0.254 e. The van der Waals surface area contributed by atoms with Crippen LogP contribution in [-0.2, 0) is 0 Å². The first-order valence-electron chi connectivity index (χ1n) is 10.6. The number of carbonyl (C=O) groups is 1. The van der Waals surface area contributed by atoms with Crippen LogP contribution < -0.4 is 10.1 Å². The normalized spacial score (nSPS) is 14.4. The number of hydrogen-bond acceptors (Lipinski definition) is 4. The summed E-state index contributed by atoms with van der Waals surface area (Å²) >= 11 is 6.30. The Hall–Kier alpha value is -2.27. The molecule has 0 bridgehead atoms. The van der Waals surface area contributed by atoms with Gasteiger partial charge in [-0.3, -0.25) is 9.78 Å². The summed E-state index contributed by atoms with van der Waals surface area (Å²) in [4.78, 5) is 19.3. The second kappa shape index (κ2) is 11.1. The first-order chi connectivity index (χ1) is 14.2. The molecule has 1 aromatic carbocycles. The molecule has 1 N–H and O–H groups in total. The molecule has 29 heavy (non-hydrogen) atoms. The zero-order valence-corrected chi connectivity index (χ0v) is 17.8. The van der Waals surface area contributed by atoms with Gasteiger partial charge in [0.25, 0.3) is 5.91 Å². The molecule has 2 aromatic rings. The minimum Gasteiger partial charge on any atom is -0.492 e. The van der Waals surface area contributed by atoms with E-state index in [9.17, 15) is 4.79 Å². The Morgan fingerprint density at radius 1 is 1.21 bits per heavy atom. The van der Waals surface area contributed by atoms with Crippen molar-refractivity contribution in [2.45, 2.75) is 51.5 Å². The Bertz CT molecular complexity index is 779. The average molecular weight is 416 g/mol. The maximum Gasteiger partial charge on any atom is 0.254 e. The maximum absolute atomic E-state index is 13.2. The van der Waals surface area contributed by atoms with Crippen LogP contribution in [0.4, 0.5) is 5.69 Å². The van der Waals surface area contributed by atoms with Crippen LogP contribution in [0.25, 0.3) is 0 Å². The van der Waals surface area contributed by atoms with Crippen molar-refractivity contribution in [3.63, 3.8) is 0 Å². The number of anilines is 1. The molecule has 0 saturated heterocycles. The topological polar surface area (TPSA) is 54.5 Å². The van der Waals surface area contributed by atoms with Crippen molar-refractivity contribution in [2.75, 3.05) is 25.0 Å². The van der Waals surface area contributed by atoms with E-state index in [1.807, 2.05) is 23.1 Å². The fourth-order valence-electron chi connectivity index (χ4n) is 3.85. The summed E-state index contributed by atoms with van der Waals surface area (Å²) in [5.41, 5.74) is 1.60. The second-order valence-electron chi connectivity index (χ2n) is 7.48. The fourth-order valence-corrected chi connectivity index (χ4v) is 4.08. The van der Waals surface area contributed by atoms with Crippen molar-refractivity contribution in [1.29, 1.82) is 0 Å². The van der Waals surface area contributed by atoms with Gasteiger partial charge in [-0.2, -0.15) is 0 Å². The van der Waals surface area contributed by atoms with E-state index in [0.717, 1.165) is 31.5 Å². The third-order valence-corrected chi connectivity index (χ3v) is 5.46. The summed E-state index contributed by atoms with van der Waals surface area (Å²) in [5, 5.41) is 3.79. The Morgan fingerprint density at radius 3 is 2.69 bits per heavy atom. The van der Waals surface area contributed by atoms with Gasteiger partial charge in [-0.25, -0.2) is 0 Å². The van der Waals surface area contributed by atoms with Crippen molar-refractivity contribution < 1.29 is 9.53 Å². The molecule has 0 atom stereocenters. The SMILES string of the molecule is CCCN(C(=O)c1cc(Cl)cc(OCCNc2ccncc2)c1)C1CCCCC1. The summed E-state index contributed by atoms with van der Waals surface area (Å²) in [7, 11) is 0. The van der Waals surface area contributed by atoms with Crippen LogP contribution in [0.3, 0.4) is 0 Å². The van der Waals surface area contributed by atoms with Gasteiger partial charge < -0.3 is 15.0 Å². The molecule has 0 spiro atoms. The molecule has 1 fully saturated rings. The highest BCUT2D eigenvalue weighted by Gasteiger charge is 2.26. The monoisotopic (exact) mass is 415 g/mol. The van der Waals surface area contributed by atoms with E-state index in [1.54, 1.807) is 24.5 Å². The standard InChI is InChI=1S/C23H30ClN3O2/c1-2-13-27(21-6-4-3-5-7-21)23(28)18-15-19(24)17-22(16-18)29-14-12-26-20-8-10-25-11-9-20/h8-11,15-17,21H,2-7,12-14H2,1H3,(H,25,26). The minimum atomic E-state index is 0.0565. The Kier molecular flexibility index (Phi) is 8.17. The number of hydrogen-bond donors (Lipinski definition) is 1. The van der Waals surface area contributed by atoms with Gasteiger partial charge >= 0.3 is 0 Å². The molecule has 6 heteroatoms. The zero-order chi connectivity index (χ0) is 20.5. The second-order valence-corrected chi connectivity index (χ2v) is 7.91. The Morgan fingerprint density at radius 2 is 1.97 bits per heavy atom. The summed E-state index contributed by atoms with van der Waals surface area (Å²) in [6.45, 7) is 4.01. The number of pyridine rings is 1. The summed E-state index contributed by atoms with van der Waals surface area (Å²) in [5.74, 6) is 0.679. The first-order valence-corrected chi connectivity index (χ1v) is 10.9. The van der Waals surface area contributed by atoms with Gasteiger partial charge in [-0.15, -0.1) is 0 Å². The maximum atomic E-state index is 13.2. The van der Waals surface area contributed by atoms with Gasteiger partial charge in [0.1, 0.15) is 12.4 Å². The minimum absolute atomic E-state index is 0.0565. The number of nitrogens with zero attached hydrogens (tertiary/aromatic N) is 2. The lowest BCUT2D eigenvalue weighted by Crippen LogP contribution is -2.42. The number of carbonyl (C=O) groups excluding carboxylic acids is 1. The number of nitrogens with one attached hydrogen (secondary N) is 1. The Balaban J connectivity index is 1.62. The summed E-state index contributed by atoms with van der Waals surface area (Å²) in [6, 6.07) is 9.47. The first kappa shape index (κ1) is 21.4. The largest absolute Gasteiger partial charge is 0.492 e. The fraction of sp³-hybridized carbons (Fsp3) is 0.478. The molecule has 1 aliphatic rings. The summed E-state index contributed by atoms with van der Waals surface area (Å²) in [6.07, 6.45) is 10.3. The summed E-state index contributed by atoms with van der Waals surface area (Å²) < 4.78 is 5.85. The molecule has 1 saturated carbocycles. The number of aromatic nitrogens is 1. The van der Waals surface area contributed by atoms with Gasteiger partial charge in [0.2, 0.25) is 0 Å². The van der Waals surface area contributed by atoms with Crippen molar-refractivity contribution in [3.05, 3.63) is 53.3 Å². The van der Waals surface area contributed by atoms with E-state index in [-0.39, 0.29) is 5.91 Å². The molecular formula is C23H30ClN3O2. The van der Waals surface area contributed by atoms with Crippen LogP contribution in [0.5, 0.6) is 5.75 Å². The average Bonchev–Trinajstić information content (AvgIpc) is 2.75. The lowest BCUT2D eigenvalue weighted by atomic mass is 9.93. The number of rotatable bonds is 9. The molecule has 0 unspecified atom stereocenters. The lowest BCUT2D eigenvalue weighted by molar-refractivity contribution is 0.0633.